The van der Waals surface area contributed by atoms with Crippen LogP contribution in [0.4, 0.5) is 16.4 Å². The van der Waals surface area contributed by atoms with Crippen LogP contribution in [0.25, 0.3) is 0 Å². The Labute approximate surface area is 180 Å². The van der Waals surface area contributed by atoms with Gasteiger partial charge in [-0.15, -0.1) is 0 Å². The minimum absolute atomic E-state index is 0.394. The van der Waals surface area contributed by atoms with E-state index >= 15 is 0 Å². The molecule has 0 atom stereocenters. The van der Waals surface area contributed by atoms with Crippen LogP contribution in [-0.4, -0.2) is 37.3 Å². The molecule has 2 aromatic rings. The largest absolute Gasteiger partial charge is 0.485 e. The summed E-state index contributed by atoms with van der Waals surface area (Å²) in [5.41, 5.74) is 2.44. The van der Waals surface area contributed by atoms with Gasteiger partial charge in [0.05, 0.1) is 0 Å². The third-order valence-electron chi connectivity index (χ3n) is 4.62. The highest BCUT2D eigenvalue weighted by molar-refractivity contribution is 5.89. The molecule has 0 aliphatic heterocycles. The van der Waals surface area contributed by atoms with Crippen LogP contribution in [0, 0.1) is 13.8 Å². The average Bonchev–Trinajstić information content (AvgIpc) is 2.66. The van der Waals surface area contributed by atoms with Crippen molar-refractivity contribution in [2.45, 2.75) is 60.2 Å². The second-order valence-electron chi connectivity index (χ2n) is 8.64. The van der Waals surface area contributed by atoms with Gasteiger partial charge < -0.3 is 14.4 Å². The number of anilines is 2. The smallest absolute Gasteiger partial charge is 0.416 e. The fourth-order valence-corrected chi connectivity index (χ4v) is 3.09. The van der Waals surface area contributed by atoms with Crippen molar-refractivity contribution < 1.29 is 14.3 Å². The van der Waals surface area contributed by atoms with Gasteiger partial charge in [0.25, 0.3) is 0 Å². The fourth-order valence-electron chi connectivity index (χ4n) is 3.09. The number of benzene rings is 1. The Hall–Kier alpha value is -2.76. The van der Waals surface area contributed by atoms with Crippen LogP contribution in [0.2, 0.25) is 0 Å². The predicted octanol–water partition coefficient (Wildman–Crippen LogP) is 5.49. The lowest BCUT2D eigenvalue weighted by molar-refractivity contribution is 0.0578. The van der Waals surface area contributed by atoms with E-state index < -0.39 is 11.7 Å². The van der Waals surface area contributed by atoms with E-state index in [0.717, 1.165) is 28.9 Å². The number of rotatable bonds is 7. The quantitative estimate of drug-likeness (QED) is 0.600. The van der Waals surface area contributed by atoms with Gasteiger partial charge in [-0.2, -0.15) is 0 Å². The molecule has 0 bridgehead atoms. The van der Waals surface area contributed by atoms with E-state index in [1.807, 2.05) is 90.9 Å². The van der Waals surface area contributed by atoms with Gasteiger partial charge in [-0.05, 0) is 52.2 Å². The van der Waals surface area contributed by atoms with Crippen molar-refractivity contribution in [1.82, 2.24) is 4.98 Å². The standard InChI is InChI=1S/C24H35N3O3/c1-9-15-27(23(28)30-24(4,5)6)22-20(29-16-19-13-11-10-12-14-19)17(2)18(3)21(25-22)26(7)8/h10-14H,9,15-16H2,1-8H3. The Bertz CT molecular complexity index is 858. The molecule has 0 saturated carbocycles. The second kappa shape index (κ2) is 9.83. The lowest BCUT2D eigenvalue weighted by atomic mass is 10.1. The summed E-state index contributed by atoms with van der Waals surface area (Å²) in [6, 6.07) is 9.97. The van der Waals surface area contributed by atoms with Crippen molar-refractivity contribution in [3.63, 3.8) is 0 Å². The summed E-state index contributed by atoms with van der Waals surface area (Å²) in [5.74, 6) is 1.91. The van der Waals surface area contributed by atoms with Crippen molar-refractivity contribution in [3.8, 4) is 5.75 Å². The van der Waals surface area contributed by atoms with Crippen molar-refractivity contribution in [1.29, 1.82) is 0 Å². The number of ether oxygens (including phenoxy) is 2. The van der Waals surface area contributed by atoms with E-state index in [9.17, 15) is 4.79 Å². The number of amides is 1. The summed E-state index contributed by atoms with van der Waals surface area (Å²) in [6.07, 6.45) is 0.345. The lowest BCUT2D eigenvalue weighted by Crippen LogP contribution is -2.38. The summed E-state index contributed by atoms with van der Waals surface area (Å²) >= 11 is 0. The Morgan fingerprint density at radius 2 is 1.67 bits per heavy atom. The van der Waals surface area contributed by atoms with Crippen molar-refractivity contribution in [2.75, 3.05) is 30.4 Å². The first kappa shape index (κ1) is 23.5. The van der Waals surface area contributed by atoms with Gasteiger partial charge in [0.15, 0.2) is 11.6 Å². The van der Waals surface area contributed by atoms with Crippen LogP contribution in [0.5, 0.6) is 5.75 Å². The molecule has 0 unspecified atom stereocenters. The monoisotopic (exact) mass is 413 g/mol. The first-order chi connectivity index (χ1) is 14.0. The Morgan fingerprint density at radius 1 is 1.03 bits per heavy atom. The second-order valence-corrected chi connectivity index (χ2v) is 8.64. The maximum Gasteiger partial charge on any atom is 0.416 e. The van der Waals surface area contributed by atoms with Gasteiger partial charge in [0, 0.05) is 26.2 Å². The van der Waals surface area contributed by atoms with Gasteiger partial charge >= 0.3 is 6.09 Å². The Balaban J connectivity index is 2.55. The highest BCUT2D eigenvalue weighted by Gasteiger charge is 2.29. The van der Waals surface area contributed by atoms with Crippen molar-refractivity contribution >= 4 is 17.7 Å². The third kappa shape index (κ3) is 5.88. The SMILES string of the molecule is CCCN(C(=O)OC(C)(C)C)c1nc(N(C)C)c(C)c(C)c1OCc1ccccc1. The van der Waals surface area contributed by atoms with Crippen LogP contribution in [-0.2, 0) is 11.3 Å². The van der Waals surface area contributed by atoms with Crippen LogP contribution in [0.3, 0.4) is 0 Å². The van der Waals surface area contributed by atoms with Crippen LogP contribution < -0.4 is 14.5 Å². The van der Waals surface area contributed by atoms with Crippen LogP contribution in [0.1, 0.15) is 50.8 Å². The zero-order chi connectivity index (χ0) is 22.5. The third-order valence-corrected chi connectivity index (χ3v) is 4.62. The minimum Gasteiger partial charge on any atom is -0.485 e. The van der Waals surface area contributed by atoms with E-state index in [2.05, 4.69) is 0 Å². The molecule has 0 aliphatic carbocycles. The number of carbonyl (C=O) groups is 1. The number of carbonyl (C=O) groups excluding carboxylic acids is 1. The van der Waals surface area contributed by atoms with Gasteiger partial charge in [0.1, 0.15) is 18.0 Å². The molecule has 6 nitrogen and oxygen atoms in total. The van der Waals surface area contributed by atoms with E-state index in [1.54, 1.807) is 4.90 Å². The molecule has 0 radical (unpaired) electrons. The number of nitrogens with zero attached hydrogens (tertiary/aromatic N) is 3. The lowest BCUT2D eigenvalue weighted by Gasteiger charge is -2.30. The molecule has 164 valence electrons. The molecule has 6 heteroatoms. The number of hydrogen-bond donors (Lipinski definition) is 0. The summed E-state index contributed by atoms with van der Waals surface area (Å²) in [7, 11) is 3.89. The summed E-state index contributed by atoms with van der Waals surface area (Å²) < 4.78 is 11.9. The molecule has 1 aromatic carbocycles. The van der Waals surface area contributed by atoms with Gasteiger partial charge in [-0.25, -0.2) is 9.78 Å². The summed E-state index contributed by atoms with van der Waals surface area (Å²) in [4.78, 5) is 21.4. The minimum atomic E-state index is -0.599. The molecule has 0 saturated heterocycles. The number of pyridine rings is 1. The molecule has 0 fully saturated rings. The van der Waals surface area contributed by atoms with Crippen LogP contribution >= 0.6 is 0 Å². The molecule has 30 heavy (non-hydrogen) atoms. The highest BCUT2D eigenvalue weighted by atomic mass is 16.6. The van der Waals surface area contributed by atoms with Crippen LogP contribution in [0.15, 0.2) is 30.3 Å². The normalized spacial score (nSPS) is 11.2. The van der Waals surface area contributed by atoms with Gasteiger partial charge in [-0.3, -0.25) is 4.90 Å². The molecule has 1 amide bonds. The molecule has 0 N–H and O–H groups in total. The van der Waals surface area contributed by atoms with Gasteiger partial charge in [-0.1, -0.05) is 37.3 Å². The Morgan fingerprint density at radius 3 is 2.20 bits per heavy atom. The molecule has 1 aromatic heterocycles. The predicted molar refractivity (Wildman–Crippen MR) is 123 cm³/mol. The van der Waals surface area contributed by atoms with E-state index in [0.29, 0.717) is 24.7 Å². The average molecular weight is 414 g/mol. The zero-order valence-electron chi connectivity index (χ0n) is 19.6. The number of hydrogen-bond acceptors (Lipinski definition) is 5. The van der Waals surface area contributed by atoms with E-state index in [4.69, 9.17) is 14.5 Å². The molecule has 2 rings (SSSR count). The highest BCUT2D eigenvalue weighted by Crippen LogP contribution is 2.37. The first-order valence-electron chi connectivity index (χ1n) is 10.4. The zero-order valence-corrected chi connectivity index (χ0v) is 19.6. The van der Waals surface area contributed by atoms with Crippen molar-refractivity contribution in [3.05, 3.63) is 47.0 Å². The van der Waals surface area contributed by atoms with Gasteiger partial charge in [0.2, 0.25) is 0 Å². The van der Waals surface area contributed by atoms with Crippen molar-refractivity contribution in [2.24, 2.45) is 0 Å². The molecular weight excluding hydrogens is 378 g/mol. The maximum atomic E-state index is 13.0. The molecule has 0 spiro atoms. The summed E-state index contributed by atoms with van der Waals surface area (Å²) in [6.45, 7) is 12.5. The topological polar surface area (TPSA) is 54.9 Å². The fraction of sp³-hybridized carbons (Fsp3) is 0.500. The Kier molecular flexibility index (Phi) is 7.71. The molecule has 0 aliphatic rings. The summed E-state index contributed by atoms with van der Waals surface area (Å²) in [5, 5.41) is 0. The van der Waals surface area contributed by atoms with E-state index in [1.165, 1.54) is 0 Å². The first-order valence-corrected chi connectivity index (χ1v) is 10.4. The van der Waals surface area contributed by atoms with E-state index in [-0.39, 0.29) is 0 Å². The molecular formula is C24H35N3O3. The number of aromatic nitrogens is 1. The maximum absolute atomic E-state index is 13.0. The molecule has 1 heterocycles.